The van der Waals surface area contributed by atoms with Crippen LogP contribution in [0.5, 0.6) is 0 Å². The summed E-state index contributed by atoms with van der Waals surface area (Å²) in [5.74, 6) is 0. The summed E-state index contributed by atoms with van der Waals surface area (Å²) in [6.45, 7) is 2.50. The van der Waals surface area contributed by atoms with Crippen LogP contribution in [0.3, 0.4) is 0 Å². The van der Waals surface area contributed by atoms with Crippen LogP contribution in [0, 0.1) is 6.92 Å². The standard InChI is InChI=1S/C15H17ClN2O2S/c1-11-6-7-15(14(16)8-11)18-21(19,20)13-5-3-4-12(9-13)10-17-2/h3-9,17-18H,10H2,1-2H3. The van der Waals surface area contributed by atoms with Crippen LogP contribution >= 0.6 is 11.6 Å². The van der Waals surface area contributed by atoms with Gasteiger partial charge < -0.3 is 5.32 Å². The smallest absolute Gasteiger partial charge is 0.261 e. The Morgan fingerprint density at radius 1 is 1.14 bits per heavy atom. The maximum atomic E-state index is 12.4. The van der Waals surface area contributed by atoms with E-state index in [9.17, 15) is 8.42 Å². The molecule has 2 rings (SSSR count). The summed E-state index contributed by atoms with van der Waals surface area (Å²) in [4.78, 5) is 0.215. The van der Waals surface area contributed by atoms with Crippen molar-refractivity contribution in [3.8, 4) is 0 Å². The number of rotatable bonds is 5. The molecule has 112 valence electrons. The molecule has 0 aromatic heterocycles. The first-order chi connectivity index (χ1) is 9.92. The zero-order chi connectivity index (χ0) is 15.5. The number of hydrogen-bond acceptors (Lipinski definition) is 3. The van der Waals surface area contributed by atoms with Gasteiger partial charge in [-0.05, 0) is 49.4 Å². The van der Waals surface area contributed by atoms with E-state index in [-0.39, 0.29) is 4.90 Å². The molecule has 0 aliphatic rings. The molecule has 0 saturated heterocycles. The number of anilines is 1. The van der Waals surface area contributed by atoms with Crippen LogP contribution in [-0.2, 0) is 16.6 Å². The van der Waals surface area contributed by atoms with Gasteiger partial charge in [-0.2, -0.15) is 0 Å². The molecule has 0 spiro atoms. The lowest BCUT2D eigenvalue weighted by Gasteiger charge is -2.11. The molecule has 2 N–H and O–H groups in total. The SMILES string of the molecule is CNCc1cccc(S(=O)(=O)Nc2ccc(C)cc2Cl)c1. The van der Waals surface area contributed by atoms with Crippen molar-refractivity contribution in [3.63, 3.8) is 0 Å². The molecule has 4 nitrogen and oxygen atoms in total. The highest BCUT2D eigenvalue weighted by atomic mass is 35.5. The lowest BCUT2D eigenvalue weighted by atomic mass is 10.2. The molecule has 6 heteroatoms. The van der Waals surface area contributed by atoms with Gasteiger partial charge in [0.1, 0.15) is 0 Å². The highest BCUT2D eigenvalue weighted by Gasteiger charge is 2.16. The lowest BCUT2D eigenvalue weighted by Crippen LogP contribution is -2.14. The van der Waals surface area contributed by atoms with Crippen LogP contribution in [0.2, 0.25) is 5.02 Å². The number of benzene rings is 2. The number of sulfonamides is 1. The maximum Gasteiger partial charge on any atom is 0.261 e. The number of hydrogen-bond donors (Lipinski definition) is 2. The Bertz CT molecular complexity index is 745. The van der Waals surface area contributed by atoms with Gasteiger partial charge in [0, 0.05) is 6.54 Å². The van der Waals surface area contributed by atoms with Crippen molar-refractivity contribution in [1.29, 1.82) is 0 Å². The first kappa shape index (κ1) is 15.8. The number of nitrogens with one attached hydrogen (secondary N) is 2. The van der Waals surface area contributed by atoms with Gasteiger partial charge in [0.25, 0.3) is 10.0 Å². The topological polar surface area (TPSA) is 58.2 Å². The molecular formula is C15H17ClN2O2S. The van der Waals surface area contributed by atoms with Gasteiger partial charge in [-0.15, -0.1) is 0 Å². The molecule has 0 fully saturated rings. The Morgan fingerprint density at radius 3 is 2.57 bits per heavy atom. The monoisotopic (exact) mass is 324 g/mol. The Morgan fingerprint density at radius 2 is 1.90 bits per heavy atom. The van der Waals surface area contributed by atoms with E-state index in [1.165, 1.54) is 0 Å². The molecular weight excluding hydrogens is 308 g/mol. The third-order valence-electron chi connectivity index (χ3n) is 2.96. The average molecular weight is 325 g/mol. The summed E-state index contributed by atoms with van der Waals surface area (Å²) < 4.78 is 27.3. The molecule has 0 atom stereocenters. The molecule has 21 heavy (non-hydrogen) atoms. The highest BCUT2D eigenvalue weighted by Crippen LogP contribution is 2.25. The zero-order valence-electron chi connectivity index (χ0n) is 11.9. The van der Waals surface area contributed by atoms with Gasteiger partial charge in [-0.25, -0.2) is 8.42 Å². The van der Waals surface area contributed by atoms with Crippen LogP contribution in [-0.4, -0.2) is 15.5 Å². The van der Waals surface area contributed by atoms with Gasteiger partial charge in [0.05, 0.1) is 15.6 Å². The van der Waals surface area contributed by atoms with E-state index in [0.717, 1.165) is 11.1 Å². The lowest BCUT2D eigenvalue weighted by molar-refractivity contribution is 0.601. The molecule has 0 amide bonds. The Kier molecular flexibility index (Phi) is 4.88. The minimum Gasteiger partial charge on any atom is -0.316 e. The van der Waals surface area contributed by atoms with Crippen molar-refractivity contribution in [2.24, 2.45) is 0 Å². The minimum atomic E-state index is -3.65. The van der Waals surface area contributed by atoms with E-state index in [0.29, 0.717) is 17.3 Å². The van der Waals surface area contributed by atoms with Crippen molar-refractivity contribution in [2.45, 2.75) is 18.4 Å². The van der Waals surface area contributed by atoms with Gasteiger partial charge in [-0.3, -0.25) is 4.72 Å². The van der Waals surface area contributed by atoms with Gasteiger partial charge >= 0.3 is 0 Å². The molecule has 0 bridgehead atoms. The molecule has 0 radical (unpaired) electrons. The summed E-state index contributed by atoms with van der Waals surface area (Å²) in [5.41, 5.74) is 2.25. The summed E-state index contributed by atoms with van der Waals surface area (Å²) >= 11 is 6.07. The predicted octanol–water partition coefficient (Wildman–Crippen LogP) is 3.17. The third kappa shape index (κ3) is 3.97. The fourth-order valence-electron chi connectivity index (χ4n) is 1.93. The Balaban J connectivity index is 2.31. The van der Waals surface area contributed by atoms with Crippen LogP contribution < -0.4 is 10.0 Å². The average Bonchev–Trinajstić information content (AvgIpc) is 2.43. The second kappa shape index (κ2) is 6.47. The van der Waals surface area contributed by atoms with Crippen molar-refractivity contribution < 1.29 is 8.42 Å². The van der Waals surface area contributed by atoms with Crippen molar-refractivity contribution in [2.75, 3.05) is 11.8 Å². The Labute approximate surface area is 130 Å². The van der Waals surface area contributed by atoms with Gasteiger partial charge in [0.15, 0.2) is 0 Å². The van der Waals surface area contributed by atoms with Crippen LogP contribution in [0.4, 0.5) is 5.69 Å². The quantitative estimate of drug-likeness (QED) is 0.888. The van der Waals surface area contributed by atoms with Gasteiger partial charge in [-0.1, -0.05) is 29.8 Å². The van der Waals surface area contributed by atoms with Crippen LogP contribution in [0.25, 0.3) is 0 Å². The first-order valence-electron chi connectivity index (χ1n) is 6.45. The highest BCUT2D eigenvalue weighted by molar-refractivity contribution is 7.92. The second-order valence-electron chi connectivity index (χ2n) is 4.77. The van der Waals surface area contributed by atoms with Crippen LogP contribution in [0.15, 0.2) is 47.4 Å². The van der Waals surface area contributed by atoms with E-state index in [4.69, 9.17) is 11.6 Å². The molecule has 0 aliphatic heterocycles. The maximum absolute atomic E-state index is 12.4. The third-order valence-corrected chi connectivity index (χ3v) is 4.63. The van der Waals surface area contributed by atoms with Crippen molar-refractivity contribution >= 4 is 27.3 Å². The number of aryl methyl sites for hydroxylation is 1. The summed E-state index contributed by atoms with van der Waals surface area (Å²) in [6.07, 6.45) is 0. The molecule has 2 aromatic carbocycles. The zero-order valence-corrected chi connectivity index (χ0v) is 13.4. The van der Waals surface area contributed by atoms with Crippen LogP contribution in [0.1, 0.15) is 11.1 Å². The summed E-state index contributed by atoms with van der Waals surface area (Å²) in [7, 11) is -1.84. The summed E-state index contributed by atoms with van der Waals surface area (Å²) in [6, 6.07) is 12.0. The molecule has 0 saturated carbocycles. The second-order valence-corrected chi connectivity index (χ2v) is 6.86. The fraction of sp³-hybridized carbons (Fsp3) is 0.200. The van der Waals surface area contributed by atoms with Gasteiger partial charge in [0.2, 0.25) is 0 Å². The first-order valence-corrected chi connectivity index (χ1v) is 8.31. The van der Waals surface area contributed by atoms with E-state index < -0.39 is 10.0 Å². The Hall–Kier alpha value is -1.56. The van der Waals surface area contributed by atoms with E-state index in [1.807, 2.05) is 20.0 Å². The molecule has 0 unspecified atom stereocenters. The van der Waals surface area contributed by atoms with E-state index >= 15 is 0 Å². The van der Waals surface area contributed by atoms with E-state index in [1.54, 1.807) is 36.4 Å². The summed E-state index contributed by atoms with van der Waals surface area (Å²) in [5, 5.41) is 3.37. The van der Waals surface area contributed by atoms with Crippen molar-refractivity contribution in [3.05, 3.63) is 58.6 Å². The van der Waals surface area contributed by atoms with Crippen molar-refractivity contribution in [1.82, 2.24) is 5.32 Å². The molecule has 0 aliphatic carbocycles. The van der Waals surface area contributed by atoms with E-state index in [2.05, 4.69) is 10.0 Å². The fourth-order valence-corrected chi connectivity index (χ4v) is 3.42. The largest absolute Gasteiger partial charge is 0.316 e. The molecule has 0 heterocycles. The normalized spacial score (nSPS) is 11.4. The predicted molar refractivity (Wildman–Crippen MR) is 86.2 cm³/mol. The minimum absolute atomic E-state index is 0.215. The molecule has 2 aromatic rings. The number of halogens is 1.